The fourth-order valence-corrected chi connectivity index (χ4v) is 5.87. The van der Waals surface area contributed by atoms with Crippen LogP contribution >= 0.6 is 0 Å². The van der Waals surface area contributed by atoms with Crippen LogP contribution in [0.25, 0.3) is 22.2 Å². The lowest BCUT2D eigenvalue weighted by molar-refractivity contribution is -0.130. The van der Waals surface area contributed by atoms with Crippen molar-refractivity contribution in [2.75, 3.05) is 50.8 Å². The molecule has 2 aromatic heterocycles. The number of fused-ring (bicyclic) bond motifs is 2. The lowest BCUT2D eigenvalue weighted by Gasteiger charge is -2.35. The Morgan fingerprint density at radius 3 is 2.49 bits per heavy atom. The Balaban J connectivity index is 1.38. The molecule has 37 heavy (non-hydrogen) atoms. The average molecular weight is 504 g/mol. The third kappa shape index (κ3) is 4.39. The van der Waals surface area contributed by atoms with Gasteiger partial charge in [0.2, 0.25) is 5.91 Å². The minimum atomic E-state index is -0.365. The molecule has 2 saturated heterocycles. The summed E-state index contributed by atoms with van der Waals surface area (Å²) in [6.45, 7) is 7.89. The van der Waals surface area contributed by atoms with Crippen LogP contribution in [-0.4, -0.2) is 82.2 Å². The van der Waals surface area contributed by atoms with Gasteiger partial charge in [0.15, 0.2) is 0 Å². The molecule has 5 heterocycles. The van der Waals surface area contributed by atoms with Gasteiger partial charge in [0.25, 0.3) is 0 Å². The Bertz CT molecular complexity index is 1340. The van der Waals surface area contributed by atoms with Crippen LogP contribution in [0.3, 0.4) is 0 Å². The van der Waals surface area contributed by atoms with E-state index in [2.05, 4.69) is 27.7 Å². The van der Waals surface area contributed by atoms with Crippen LogP contribution in [0.5, 0.6) is 0 Å². The molecule has 0 radical (unpaired) electrons. The molecular formula is C27H33N7O3. The third-order valence-electron chi connectivity index (χ3n) is 8.01. The number of pyridine rings is 1. The van der Waals surface area contributed by atoms with Crippen molar-refractivity contribution in [2.45, 2.75) is 38.8 Å². The van der Waals surface area contributed by atoms with Gasteiger partial charge in [0, 0.05) is 88.2 Å². The van der Waals surface area contributed by atoms with Gasteiger partial charge >= 0.3 is 6.03 Å². The number of carbonyl (C=O) groups excluding carboxylic acids is 2. The summed E-state index contributed by atoms with van der Waals surface area (Å²) in [6.07, 6.45) is 3.78. The maximum absolute atomic E-state index is 12.3. The number of piperazine rings is 1. The van der Waals surface area contributed by atoms with E-state index in [1.165, 1.54) is 0 Å². The van der Waals surface area contributed by atoms with Crippen molar-refractivity contribution in [1.29, 1.82) is 0 Å². The second-order valence-corrected chi connectivity index (χ2v) is 10.1. The first-order chi connectivity index (χ1) is 18.0. The first kappa shape index (κ1) is 23.7. The lowest BCUT2D eigenvalue weighted by atomic mass is 9.99. The van der Waals surface area contributed by atoms with Gasteiger partial charge in [-0.3, -0.25) is 9.78 Å². The van der Waals surface area contributed by atoms with E-state index in [0.29, 0.717) is 32.1 Å². The normalized spacial score (nSPS) is 18.8. The molecule has 2 N–H and O–H groups in total. The Kier molecular flexibility index (Phi) is 6.19. The van der Waals surface area contributed by atoms with Crippen molar-refractivity contribution in [2.24, 2.45) is 5.73 Å². The van der Waals surface area contributed by atoms with Gasteiger partial charge < -0.3 is 29.7 Å². The molecule has 2 fully saturated rings. The zero-order chi connectivity index (χ0) is 25.5. The molecule has 3 amide bonds. The number of rotatable bonds is 3. The highest BCUT2D eigenvalue weighted by molar-refractivity contribution is 5.95. The predicted molar refractivity (Wildman–Crippen MR) is 140 cm³/mol. The molecule has 0 spiro atoms. The number of benzene rings is 1. The molecule has 10 heteroatoms. The van der Waals surface area contributed by atoms with Crippen molar-refractivity contribution in [1.82, 2.24) is 24.3 Å². The van der Waals surface area contributed by atoms with Gasteiger partial charge in [-0.1, -0.05) is 6.07 Å². The number of urea groups is 1. The van der Waals surface area contributed by atoms with Gasteiger partial charge in [0.05, 0.1) is 23.4 Å². The van der Waals surface area contributed by atoms with Crippen LogP contribution in [0.2, 0.25) is 0 Å². The van der Waals surface area contributed by atoms with E-state index < -0.39 is 0 Å². The SMILES string of the molecule is CC(=O)N1CCn2c(C3CCOCC3)nc(-c3ccnc4cc(N5CCN(C(N)=O)CC5)ccc34)c2C1. The van der Waals surface area contributed by atoms with Gasteiger partial charge in [-0.2, -0.15) is 0 Å². The zero-order valence-corrected chi connectivity index (χ0v) is 21.2. The molecule has 1 aromatic carbocycles. The molecule has 3 aliphatic rings. The topological polar surface area (TPSA) is 110 Å². The Labute approximate surface area is 216 Å². The molecule has 6 rings (SSSR count). The number of hydrogen-bond donors (Lipinski definition) is 1. The maximum Gasteiger partial charge on any atom is 0.314 e. The predicted octanol–water partition coefficient (Wildman–Crippen LogP) is 2.56. The monoisotopic (exact) mass is 503 g/mol. The number of nitrogens with zero attached hydrogens (tertiary/aromatic N) is 6. The van der Waals surface area contributed by atoms with Crippen LogP contribution < -0.4 is 10.6 Å². The number of aromatic nitrogens is 3. The smallest absolute Gasteiger partial charge is 0.314 e. The molecule has 0 atom stereocenters. The van der Waals surface area contributed by atoms with Crippen molar-refractivity contribution < 1.29 is 14.3 Å². The van der Waals surface area contributed by atoms with E-state index >= 15 is 0 Å². The number of imidazole rings is 1. The van der Waals surface area contributed by atoms with E-state index in [0.717, 1.165) is 85.1 Å². The zero-order valence-electron chi connectivity index (χ0n) is 21.2. The van der Waals surface area contributed by atoms with Gasteiger partial charge in [-0.05, 0) is 31.0 Å². The molecule has 3 aromatic rings. The van der Waals surface area contributed by atoms with Crippen LogP contribution in [0.1, 0.15) is 37.2 Å². The quantitative estimate of drug-likeness (QED) is 0.588. The van der Waals surface area contributed by atoms with Gasteiger partial charge in [-0.25, -0.2) is 9.78 Å². The molecule has 0 aliphatic carbocycles. The summed E-state index contributed by atoms with van der Waals surface area (Å²) >= 11 is 0. The van der Waals surface area contributed by atoms with Gasteiger partial charge in [0.1, 0.15) is 5.82 Å². The van der Waals surface area contributed by atoms with E-state index in [-0.39, 0.29) is 11.9 Å². The van der Waals surface area contributed by atoms with Crippen molar-refractivity contribution in [3.05, 3.63) is 42.0 Å². The summed E-state index contributed by atoms with van der Waals surface area (Å²) in [7, 11) is 0. The van der Waals surface area contributed by atoms with Crippen molar-refractivity contribution in [3.63, 3.8) is 0 Å². The number of amides is 3. The number of anilines is 1. The summed E-state index contributed by atoms with van der Waals surface area (Å²) in [5, 5.41) is 1.04. The summed E-state index contributed by atoms with van der Waals surface area (Å²) in [6, 6.07) is 8.03. The van der Waals surface area contributed by atoms with E-state index in [4.69, 9.17) is 20.4 Å². The molecule has 0 saturated carbocycles. The summed E-state index contributed by atoms with van der Waals surface area (Å²) in [4.78, 5) is 39.5. The largest absolute Gasteiger partial charge is 0.381 e. The fraction of sp³-hybridized carbons (Fsp3) is 0.481. The third-order valence-corrected chi connectivity index (χ3v) is 8.01. The summed E-state index contributed by atoms with van der Waals surface area (Å²) in [5.41, 5.74) is 10.5. The maximum atomic E-state index is 12.3. The Hall–Kier alpha value is -3.66. The number of ether oxygens (including phenoxy) is 1. The molecule has 0 unspecified atom stereocenters. The van der Waals surface area contributed by atoms with Gasteiger partial charge in [-0.15, -0.1) is 0 Å². The highest BCUT2D eigenvalue weighted by Gasteiger charge is 2.31. The lowest BCUT2D eigenvalue weighted by Crippen LogP contribution is -2.50. The number of hydrogen-bond acceptors (Lipinski definition) is 6. The summed E-state index contributed by atoms with van der Waals surface area (Å²) < 4.78 is 7.96. The minimum absolute atomic E-state index is 0.0895. The molecule has 0 bridgehead atoms. The highest BCUT2D eigenvalue weighted by Crippen LogP contribution is 2.37. The first-order valence-corrected chi connectivity index (χ1v) is 13.1. The highest BCUT2D eigenvalue weighted by atomic mass is 16.5. The van der Waals surface area contributed by atoms with E-state index in [1.807, 2.05) is 17.2 Å². The second-order valence-electron chi connectivity index (χ2n) is 10.1. The molecule has 3 aliphatic heterocycles. The number of nitrogens with two attached hydrogens (primary N) is 1. The van der Waals surface area contributed by atoms with Crippen molar-refractivity contribution in [3.8, 4) is 11.3 Å². The van der Waals surface area contributed by atoms with Crippen molar-refractivity contribution >= 4 is 28.5 Å². The van der Waals surface area contributed by atoms with E-state index in [1.54, 1.807) is 11.8 Å². The number of carbonyl (C=O) groups is 2. The Morgan fingerprint density at radius 2 is 1.76 bits per heavy atom. The summed E-state index contributed by atoms with van der Waals surface area (Å²) in [5.74, 6) is 1.57. The number of primary amides is 1. The van der Waals surface area contributed by atoms with Crippen LogP contribution in [0.4, 0.5) is 10.5 Å². The van der Waals surface area contributed by atoms with Crippen LogP contribution in [0.15, 0.2) is 30.5 Å². The average Bonchev–Trinajstić information content (AvgIpc) is 3.31. The minimum Gasteiger partial charge on any atom is -0.381 e. The first-order valence-electron chi connectivity index (χ1n) is 13.1. The van der Waals surface area contributed by atoms with E-state index in [9.17, 15) is 9.59 Å². The second kappa shape index (κ2) is 9.66. The molecule has 194 valence electrons. The molecule has 10 nitrogen and oxygen atoms in total. The van der Waals surface area contributed by atoms with Crippen LogP contribution in [0, 0.1) is 0 Å². The standard InChI is InChI=1S/C27H33N7O3/c1-18(35)33-12-13-34-24(17-33)25(30-26(34)19-5-14-37-15-6-19)22-4-7-29-23-16-20(2-3-21(22)23)31-8-10-32(11-9-31)27(28)36/h2-4,7,16,19H,5-6,8-15,17H2,1H3,(H2,28,36). The van der Waals surface area contributed by atoms with Crippen LogP contribution in [-0.2, 0) is 22.6 Å². The Morgan fingerprint density at radius 1 is 1.00 bits per heavy atom. The fourth-order valence-electron chi connectivity index (χ4n) is 5.87. The molecular weight excluding hydrogens is 470 g/mol.